The number of urea groups is 1. The third kappa shape index (κ3) is 7.31. The van der Waals surface area contributed by atoms with Gasteiger partial charge in [0.2, 0.25) is 5.95 Å². The Bertz CT molecular complexity index is 1300. The minimum atomic E-state index is -0.372. The van der Waals surface area contributed by atoms with E-state index in [1.807, 2.05) is 6.33 Å². The van der Waals surface area contributed by atoms with Crippen LogP contribution < -0.4 is 21.7 Å². The number of hydrogen-bond acceptors (Lipinski definition) is 7. The summed E-state index contributed by atoms with van der Waals surface area (Å²) in [7, 11) is 0. The first-order chi connectivity index (χ1) is 19.0. The fraction of sp³-hybridized carbons (Fsp3) is 0.571. The van der Waals surface area contributed by atoms with E-state index in [2.05, 4.69) is 20.5 Å². The number of nitrogens with two attached hydrogens (primary N) is 1. The lowest BCUT2D eigenvalue weighted by Gasteiger charge is -2.32. The smallest absolute Gasteiger partial charge is 0.321 e. The minimum Gasteiger partial charge on any atom is -0.365 e. The van der Waals surface area contributed by atoms with Crippen molar-refractivity contribution < 1.29 is 9.18 Å². The highest BCUT2D eigenvalue weighted by atomic mass is 35.5. The van der Waals surface area contributed by atoms with E-state index in [1.54, 1.807) is 17.0 Å². The van der Waals surface area contributed by atoms with Crippen LogP contribution in [0.15, 0.2) is 30.6 Å². The zero-order valence-corrected chi connectivity index (χ0v) is 24.7. The summed E-state index contributed by atoms with van der Waals surface area (Å²) >= 11 is 0. The Morgan fingerprint density at radius 3 is 2.34 bits per heavy atom. The number of amides is 2. The molecule has 2 amide bonds. The lowest BCUT2D eigenvalue weighted by atomic mass is 9.92. The average Bonchev–Trinajstić information content (AvgIpc) is 3.61. The van der Waals surface area contributed by atoms with Crippen LogP contribution in [-0.2, 0) is 0 Å². The van der Waals surface area contributed by atoms with Crippen molar-refractivity contribution in [3.63, 3.8) is 0 Å². The molecule has 0 unspecified atom stereocenters. The Morgan fingerprint density at radius 2 is 1.63 bits per heavy atom. The van der Waals surface area contributed by atoms with Crippen LogP contribution in [0.2, 0.25) is 0 Å². The van der Waals surface area contributed by atoms with E-state index < -0.39 is 0 Å². The second-order valence-electron chi connectivity index (χ2n) is 11.3. The maximum atomic E-state index is 13.5. The first kappa shape index (κ1) is 31.1. The predicted molar refractivity (Wildman–Crippen MR) is 165 cm³/mol. The van der Waals surface area contributed by atoms with E-state index in [4.69, 9.17) is 20.7 Å². The van der Waals surface area contributed by atoms with Gasteiger partial charge in [-0.15, -0.1) is 24.8 Å². The summed E-state index contributed by atoms with van der Waals surface area (Å²) in [6, 6.07) is 6.93. The van der Waals surface area contributed by atoms with Crippen molar-refractivity contribution in [1.82, 2.24) is 24.4 Å². The first-order valence-electron chi connectivity index (χ1n) is 14.4. The number of aromatic nitrogens is 4. The SMILES string of the molecule is Cl.Cl.NC1CCC(Nc2nc(NC3CCN(C(=O)Nc4cccc(F)c4)CC3)c3ncn(C4CCCC4)c3n2)CC1. The number of imidazole rings is 1. The summed E-state index contributed by atoms with van der Waals surface area (Å²) < 4.78 is 15.7. The molecule has 3 fully saturated rings. The van der Waals surface area contributed by atoms with Gasteiger partial charge in [-0.2, -0.15) is 9.97 Å². The molecule has 224 valence electrons. The van der Waals surface area contributed by atoms with Gasteiger partial charge in [0, 0.05) is 42.9 Å². The molecule has 6 rings (SSSR count). The fourth-order valence-corrected chi connectivity index (χ4v) is 6.17. The topological polar surface area (TPSA) is 126 Å². The Labute approximate surface area is 252 Å². The van der Waals surface area contributed by atoms with E-state index in [0.29, 0.717) is 36.8 Å². The third-order valence-corrected chi connectivity index (χ3v) is 8.44. The summed E-state index contributed by atoms with van der Waals surface area (Å²) in [6.45, 7) is 1.19. The van der Waals surface area contributed by atoms with Gasteiger partial charge in [-0.05, 0) is 69.6 Å². The van der Waals surface area contributed by atoms with Crippen LogP contribution in [0.1, 0.15) is 70.3 Å². The number of piperidine rings is 1. The molecule has 0 atom stereocenters. The highest BCUT2D eigenvalue weighted by molar-refractivity contribution is 5.89. The average molecular weight is 609 g/mol. The summed E-state index contributed by atoms with van der Waals surface area (Å²) in [5.74, 6) is 1.01. The Balaban J connectivity index is 0.00000194. The van der Waals surface area contributed by atoms with E-state index in [9.17, 15) is 9.18 Å². The number of nitrogens with one attached hydrogen (secondary N) is 3. The van der Waals surface area contributed by atoms with Crippen molar-refractivity contribution in [3.8, 4) is 0 Å². The number of carbonyl (C=O) groups excluding carboxylic acids is 1. The van der Waals surface area contributed by atoms with Crippen LogP contribution >= 0.6 is 24.8 Å². The number of benzene rings is 1. The molecule has 5 N–H and O–H groups in total. The molecule has 0 spiro atoms. The summed E-state index contributed by atoms with van der Waals surface area (Å²) in [5, 5.41) is 10.0. The molecule has 3 aromatic rings. The maximum absolute atomic E-state index is 13.5. The molecule has 0 radical (unpaired) electrons. The van der Waals surface area contributed by atoms with Gasteiger partial charge in [-0.25, -0.2) is 14.2 Å². The molecule has 1 aromatic carbocycles. The van der Waals surface area contributed by atoms with Crippen LogP contribution in [-0.4, -0.2) is 61.7 Å². The molecule has 1 aliphatic heterocycles. The van der Waals surface area contributed by atoms with Crippen LogP contribution in [0.4, 0.5) is 26.6 Å². The molecular weight excluding hydrogens is 568 g/mol. The molecule has 2 saturated carbocycles. The van der Waals surface area contributed by atoms with Crippen LogP contribution in [0, 0.1) is 5.82 Å². The number of carbonyl (C=O) groups is 1. The second-order valence-corrected chi connectivity index (χ2v) is 11.3. The second kappa shape index (κ2) is 13.8. The lowest BCUT2D eigenvalue weighted by Crippen LogP contribution is -2.44. The Morgan fingerprint density at radius 1 is 0.927 bits per heavy atom. The number of rotatable bonds is 6. The zero-order valence-electron chi connectivity index (χ0n) is 23.1. The monoisotopic (exact) mass is 607 g/mol. The molecule has 1 saturated heterocycles. The van der Waals surface area contributed by atoms with E-state index >= 15 is 0 Å². The van der Waals surface area contributed by atoms with Gasteiger partial charge in [0.1, 0.15) is 5.82 Å². The van der Waals surface area contributed by atoms with E-state index in [0.717, 1.165) is 68.3 Å². The molecule has 0 bridgehead atoms. The number of nitrogens with zero attached hydrogens (tertiary/aromatic N) is 5. The fourth-order valence-electron chi connectivity index (χ4n) is 6.17. The quantitative estimate of drug-likeness (QED) is 0.282. The molecule has 10 nitrogen and oxygen atoms in total. The van der Waals surface area contributed by atoms with Gasteiger partial charge < -0.3 is 31.2 Å². The predicted octanol–water partition coefficient (Wildman–Crippen LogP) is 5.71. The molecule has 3 aliphatic rings. The van der Waals surface area contributed by atoms with Gasteiger partial charge in [0.25, 0.3) is 0 Å². The zero-order chi connectivity index (χ0) is 26.8. The summed E-state index contributed by atoms with van der Waals surface area (Å²) in [6.07, 6.45) is 12.3. The van der Waals surface area contributed by atoms with Crippen molar-refractivity contribution >= 4 is 59.5 Å². The van der Waals surface area contributed by atoms with E-state index in [1.165, 1.54) is 25.0 Å². The van der Waals surface area contributed by atoms with E-state index in [-0.39, 0.29) is 48.7 Å². The summed E-state index contributed by atoms with van der Waals surface area (Å²) in [4.78, 5) is 29.1. The lowest BCUT2D eigenvalue weighted by molar-refractivity contribution is 0.197. The van der Waals surface area contributed by atoms with Crippen molar-refractivity contribution in [2.45, 2.75) is 88.4 Å². The number of fused-ring (bicyclic) bond motifs is 1. The number of anilines is 3. The highest BCUT2D eigenvalue weighted by Crippen LogP contribution is 2.34. The Kier molecular flexibility index (Phi) is 10.5. The maximum Gasteiger partial charge on any atom is 0.321 e. The molecule has 2 aromatic heterocycles. The molecule has 3 heterocycles. The van der Waals surface area contributed by atoms with Gasteiger partial charge in [-0.3, -0.25) is 0 Å². The van der Waals surface area contributed by atoms with Crippen LogP contribution in [0.3, 0.4) is 0 Å². The van der Waals surface area contributed by atoms with Crippen LogP contribution in [0.25, 0.3) is 11.2 Å². The molecule has 41 heavy (non-hydrogen) atoms. The first-order valence-corrected chi connectivity index (χ1v) is 14.4. The summed E-state index contributed by atoms with van der Waals surface area (Å²) in [5.41, 5.74) is 8.25. The van der Waals surface area contributed by atoms with Crippen molar-refractivity contribution in [1.29, 1.82) is 0 Å². The van der Waals surface area contributed by atoms with Crippen molar-refractivity contribution in [3.05, 3.63) is 36.4 Å². The number of hydrogen-bond donors (Lipinski definition) is 4. The van der Waals surface area contributed by atoms with Crippen molar-refractivity contribution in [2.24, 2.45) is 5.73 Å². The van der Waals surface area contributed by atoms with Gasteiger partial charge in [0.15, 0.2) is 17.0 Å². The largest absolute Gasteiger partial charge is 0.365 e. The Hall–Kier alpha value is -2.89. The normalized spacial score (nSPS) is 21.7. The number of likely N-dealkylation sites (tertiary alicyclic amines) is 1. The van der Waals surface area contributed by atoms with Gasteiger partial charge in [-0.1, -0.05) is 18.9 Å². The third-order valence-electron chi connectivity index (χ3n) is 8.44. The van der Waals surface area contributed by atoms with Crippen LogP contribution in [0.5, 0.6) is 0 Å². The molecular formula is C28H40Cl2FN9O. The highest BCUT2D eigenvalue weighted by Gasteiger charge is 2.27. The van der Waals surface area contributed by atoms with Crippen molar-refractivity contribution in [2.75, 3.05) is 29.0 Å². The number of halogens is 3. The van der Waals surface area contributed by atoms with Gasteiger partial charge >= 0.3 is 6.03 Å². The standard InChI is InChI=1S/C28H38FN9O.2ClH/c29-18-4-3-5-22(16-18)34-28(39)37-14-12-21(13-15-37)32-25-24-26(38(17-31-24)23-6-1-2-7-23)36-27(35-25)33-20-10-8-19(30)9-11-20;;/h3-5,16-17,19-21,23H,1-2,6-15,30H2,(H,34,39)(H2,32,33,35,36);2*1H. The molecule has 2 aliphatic carbocycles. The van der Waals surface area contributed by atoms with Gasteiger partial charge in [0.05, 0.1) is 6.33 Å². The molecule has 13 heteroatoms. The minimum absolute atomic E-state index is 0.